The molecule has 1 atom stereocenters. The van der Waals surface area contributed by atoms with Crippen molar-refractivity contribution >= 4 is 27.3 Å². The Morgan fingerprint density at radius 2 is 1.63 bits per heavy atom. The molecular weight excluding hydrogens is 382 g/mol. The third kappa shape index (κ3) is 5.02. The number of hydrogen-bond acceptors (Lipinski definition) is 4. The van der Waals surface area contributed by atoms with Crippen LogP contribution < -0.4 is 9.62 Å². The number of nitrogens with one attached hydrogen (secondary N) is 1. The molecule has 0 saturated carbocycles. The second-order valence-corrected chi connectivity index (χ2v) is 9.25. The Morgan fingerprint density at radius 3 is 2.19 bits per heavy atom. The van der Waals surface area contributed by atoms with E-state index in [4.69, 9.17) is 11.6 Å². The van der Waals surface area contributed by atoms with E-state index in [0.29, 0.717) is 11.6 Å². The van der Waals surface area contributed by atoms with Crippen LogP contribution in [0.15, 0.2) is 53.4 Å². The van der Waals surface area contributed by atoms with E-state index in [1.165, 1.54) is 12.1 Å². The van der Waals surface area contributed by atoms with Crippen molar-refractivity contribution in [3.63, 3.8) is 0 Å². The number of sulfonamides is 1. The molecule has 1 fully saturated rings. The van der Waals surface area contributed by atoms with Gasteiger partial charge in [0.15, 0.2) is 0 Å². The Hall–Kier alpha value is -1.60. The van der Waals surface area contributed by atoms with E-state index >= 15 is 0 Å². The van der Waals surface area contributed by atoms with Crippen LogP contribution in [0.3, 0.4) is 0 Å². The summed E-state index contributed by atoms with van der Waals surface area (Å²) in [6.07, 6.45) is 2.30. The largest absolute Gasteiger partial charge is 0.378 e. The van der Waals surface area contributed by atoms with Crippen LogP contribution in [0.1, 0.15) is 24.4 Å². The molecule has 2 aromatic rings. The lowest BCUT2D eigenvalue weighted by atomic mass is 10.1. The average molecular weight is 408 g/mol. The maximum Gasteiger partial charge on any atom is 0.240 e. The first-order chi connectivity index (χ1) is 12.9. The summed E-state index contributed by atoms with van der Waals surface area (Å²) in [7, 11) is 0.440. The van der Waals surface area contributed by atoms with E-state index in [0.717, 1.165) is 37.2 Å². The van der Waals surface area contributed by atoms with Crippen LogP contribution >= 0.6 is 11.6 Å². The van der Waals surface area contributed by atoms with Gasteiger partial charge in [-0.25, -0.2) is 13.1 Å². The zero-order valence-corrected chi connectivity index (χ0v) is 17.3. The Labute approximate surface area is 167 Å². The van der Waals surface area contributed by atoms with Gasteiger partial charge in [0.05, 0.1) is 4.90 Å². The smallest absolute Gasteiger partial charge is 0.240 e. The number of anilines is 1. The monoisotopic (exact) mass is 407 g/mol. The van der Waals surface area contributed by atoms with E-state index in [-0.39, 0.29) is 10.9 Å². The van der Waals surface area contributed by atoms with Gasteiger partial charge >= 0.3 is 0 Å². The van der Waals surface area contributed by atoms with Crippen molar-refractivity contribution < 1.29 is 8.42 Å². The van der Waals surface area contributed by atoms with Crippen LogP contribution in [0.2, 0.25) is 5.02 Å². The van der Waals surface area contributed by atoms with E-state index in [2.05, 4.69) is 38.8 Å². The average Bonchev–Trinajstić information content (AvgIpc) is 3.17. The molecule has 1 aliphatic heterocycles. The van der Waals surface area contributed by atoms with Crippen molar-refractivity contribution in [3.05, 3.63) is 59.1 Å². The van der Waals surface area contributed by atoms with E-state index < -0.39 is 10.0 Å². The van der Waals surface area contributed by atoms with Gasteiger partial charge in [0, 0.05) is 37.4 Å². The number of halogens is 1. The minimum Gasteiger partial charge on any atom is -0.378 e. The topological polar surface area (TPSA) is 52.7 Å². The summed E-state index contributed by atoms with van der Waals surface area (Å²) < 4.78 is 28.1. The second-order valence-electron chi connectivity index (χ2n) is 7.05. The minimum atomic E-state index is -3.57. The quantitative estimate of drug-likeness (QED) is 0.762. The van der Waals surface area contributed by atoms with Crippen LogP contribution in [0.5, 0.6) is 0 Å². The predicted molar refractivity (Wildman–Crippen MR) is 111 cm³/mol. The standard InChI is InChI=1S/C20H26ClN3O2S/c1-23(2)18-9-5-16(6-10-18)20(24-13-3-4-14-24)15-22-27(25,26)19-11-7-17(21)8-12-19/h5-12,20,22H,3-4,13-15H2,1-2H3/t20-/m0/s1. The molecule has 5 nitrogen and oxygen atoms in total. The van der Waals surface area contributed by atoms with Crippen molar-refractivity contribution in [2.45, 2.75) is 23.8 Å². The van der Waals surface area contributed by atoms with E-state index in [9.17, 15) is 8.42 Å². The fourth-order valence-corrected chi connectivity index (χ4v) is 4.56. The van der Waals surface area contributed by atoms with Crippen molar-refractivity contribution in [2.75, 3.05) is 38.6 Å². The maximum atomic E-state index is 12.7. The first-order valence-corrected chi connectivity index (χ1v) is 11.0. The fourth-order valence-electron chi connectivity index (χ4n) is 3.39. The lowest BCUT2D eigenvalue weighted by Gasteiger charge is -2.28. The summed E-state index contributed by atoms with van der Waals surface area (Å²) in [5, 5.41) is 0.518. The van der Waals surface area contributed by atoms with Gasteiger partial charge in [0.25, 0.3) is 0 Å². The lowest BCUT2D eigenvalue weighted by Crippen LogP contribution is -2.36. The molecule has 1 aliphatic rings. The highest BCUT2D eigenvalue weighted by atomic mass is 35.5. The van der Waals surface area contributed by atoms with Crippen molar-refractivity contribution in [1.29, 1.82) is 0 Å². The van der Waals surface area contributed by atoms with Crippen molar-refractivity contribution in [3.8, 4) is 0 Å². The van der Waals surface area contributed by atoms with Gasteiger partial charge < -0.3 is 4.90 Å². The van der Waals surface area contributed by atoms with Gasteiger partial charge in [-0.2, -0.15) is 0 Å². The lowest BCUT2D eigenvalue weighted by molar-refractivity contribution is 0.246. The molecule has 0 amide bonds. The first-order valence-electron chi connectivity index (χ1n) is 9.13. The number of benzene rings is 2. The Bertz CT molecular complexity index is 846. The summed E-state index contributed by atoms with van der Waals surface area (Å²) in [5.74, 6) is 0. The fraction of sp³-hybridized carbons (Fsp3) is 0.400. The predicted octanol–water partition coefficient (Wildman–Crippen LogP) is 3.52. The molecule has 1 N–H and O–H groups in total. The highest BCUT2D eigenvalue weighted by Crippen LogP contribution is 2.27. The zero-order valence-electron chi connectivity index (χ0n) is 15.7. The van der Waals surface area contributed by atoms with Gasteiger partial charge in [0.2, 0.25) is 10.0 Å². The Balaban J connectivity index is 1.78. The van der Waals surface area contributed by atoms with Gasteiger partial charge in [-0.05, 0) is 67.9 Å². The normalized spacial score (nSPS) is 16.4. The third-order valence-electron chi connectivity index (χ3n) is 4.97. The Morgan fingerprint density at radius 1 is 1.04 bits per heavy atom. The molecule has 0 spiro atoms. The molecule has 0 aromatic heterocycles. The SMILES string of the molecule is CN(C)c1ccc([C@H](CNS(=O)(=O)c2ccc(Cl)cc2)N2CCCC2)cc1. The highest BCUT2D eigenvalue weighted by molar-refractivity contribution is 7.89. The van der Waals surface area contributed by atoms with E-state index in [1.54, 1.807) is 12.1 Å². The van der Waals surface area contributed by atoms with Crippen molar-refractivity contribution in [2.24, 2.45) is 0 Å². The maximum absolute atomic E-state index is 12.7. The van der Waals surface area contributed by atoms with Gasteiger partial charge in [-0.1, -0.05) is 23.7 Å². The molecule has 0 radical (unpaired) electrons. The minimum absolute atomic E-state index is 0.0192. The molecule has 1 heterocycles. The highest BCUT2D eigenvalue weighted by Gasteiger charge is 2.25. The van der Waals surface area contributed by atoms with Crippen LogP contribution in [-0.4, -0.2) is 47.0 Å². The molecular formula is C20H26ClN3O2S. The molecule has 0 unspecified atom stereocenters. The molecule has 0 bridgehead atoms. The molecule has 1 saturated heterocycles. The summed E-state index contributed by atoms with van der Waals surface area (Å²) in [6.45, 7) is 2.32. The molecule has 2 aromatic carbocycles. The summed E-state index contributed by atoms with van der Waals surface area (Å²) >= 11 is 5.87. The molecule has 146 valence electrons. The van der Waals surface area contributed by atoms with Gasteiger partial charge in [0.1, 0.15) is 0 Å². The van der Waals surface area contributed by atoms with E-state index in [1.807, 2.05) is 14.1 Å². The Kier molecular flexibility index (Phi) is 6.42. The summed E-state index contributed by atoms with van der Waals surface area (Å²) in [4.78, 5) is 4.64. The molecule has 7 heteroatoms. The van der Waals surface area contributed by atoms with Crippen LogP contribution in [0.4, 0.5) is 5.69 Å². The van der Waals surface area contributed by atoms with Crippen LogP contribution in [-0.2, 0) is 10.0 Å². The number of likely N-dealkylation sites (tertiary alicyclic amines) is 1. The number of rotatable bonds is 7. The van der Waals surface area contributed by atoms with Gasteiger partial charge in [-0.15, -0.1) is 0 Å². The zero-order chi connectivity index (χ0) is 19.4. The first kappa shape index (κ1) is 20.1. The van der Waals surface area contributed by atoms with Crippen molar-refractivity contribution in [1.82, 2.24) is 9.62 Å². The van der Waals surface area contributed by atoms with Crippen LogP contribution in [0, 0.1) is 0 Å². The van der Waals surface area contributed by atoms with Gasteiger partial charge in [-0.3, -0.25) is 4.90 Å². The molecule has 27 heavy (non-hydrogen) atoms. The second kappa shape index (κ2) is 8.61. The van der Waals surface area contributed by atoms with Crippen LogP contribution in [0.25, 0.3) is 0 Å². The number of nitrogens with zero attached hydrogens (tertiary/aromatic N) is 2. The third-order valence-corrected chi connectivity index (χ3v) is 6.66. The number of hydrogen-bond donors (Lipinski definition) is 1. The molecule has 0 aliphatic carbocycles. The molecule has 3 rings (SSSR count). The summed E-state index contributed by atoms with van der Waals surface area (Å²) in [6, 6.07) is 14.6. The summed E-state index contributed by atoms with van der Waals surface area (Å²) in [5.41, 5.74) is 2.25.